The van der Waals surface area contributed by atoms with Gasteiger partial charge >= 0.3 is 0 Å². The summed E-state index contributed by atoms with van der Waals surface area (Å²) in [6.07, 6.45) is 4.68. The Balaban J connectivity index is 1.87. The zero-order valence-electron chi connectivity index (χ0n) is 14.2. The molecule has 0 aliphatic carbocycles. The molecule has 0 saturated carbocycles. The molecule has 0 aromatic carbocycles. The van der Waals surface area contributed by atoms with E-state index in [1.165, 1.54) is 16.7 Å². The molecule has 0 amide bonds. The number of pyridine rings is 2. The van der Waals surface area contributed by atoms with Crippen LogP contribution in [-0.4, -0.2) is 43.4 Å². The molecule has 2 aromatic heterocycles. The van der Waals surface area contributed by atoms with Crippen LogP contribution in [0.1, 0.15) is 18.5 Å². The average molecular weight is 363 g/mol. The van der Waals surface area contributed by atoms with Gasteiger partial charge < -0.3 is 10.1 Å². The van der Waals surface area contributed by atoms with Crippen molar-refractivity contribution in [1.29, 1.82) is 0 Å². The van der Waals surface area contributed by atoms with Gasteiger partial charge in [-0.3, -0.25) is 9.36 Å². The van der Waals surface area contributed by atoms with Crippen molar-refractivity contribution in [3.63, 3.8) is 0 Å². The highest BCUT2D eigenvalue weighted by Crippen LogP contribution is 2.17. The summed E-state index contributed by atoms with van der Waals surface area (Å²) in [5.41, 5.74) is 0.770. The molecule has 1 saturated heterocycles. The number of aromatic nitrogens is 2. The molecule has 0 bridgehead atoms. The van der Waals surface area contributed by atoms with Crippen LogP contribution in [0.5, 0.6) is 5.75 Å². The van der Waals surface area contributed by atoms with Gasteiger partial charge in [0.05, 0.1) is 11.4 Å². The molecule has 3 heterocycles. The monoisotopic (exact) mass is 363 g/mol. The number of rotatable bonds is 4. The normalized spacial score (nSPS) is 15.9. The summed E-state index contributed by atoms with van der Waals surface area (Å²) in [6, 6.07) is 6.19. The van der Waals surface area contributed by atoms with Gasteiger partial charge in [0.1, 0.15) is 11.9 Å². The minimum absolute atomic E-state index is 0.00680. The van der Waals surface area contributed by atoms with E-state index < -0.39 is 9.84 Å². The third-order valence-electron chi connectivity index (χ3n) is 4.15. The number of aryl methyl sites for hydroxylation is 1. The van der Waals surface area contributed by atoms with Crippen LogP contribution in [0.15, 0.2) is 40.3 Å². The lowest BCUT2D eigenvalue weighted by Crippen LogP contribution is -2.34. The maximum atomic E-state index is 12.4. The molecule has 3 rings (SSSR count). The van der Waals surface area contributed by atoms with Gasteiger partial charge in [0.15, 0.2) is 14.9 Å². The van der Waals surface area contributed by atoms with Crippen LogP contribution in [0.3, 0.4) is 0 Å². The molecule has 1 aliphatic rings. The Kier molecular flexibility index (Phi) is 4.91. The molecule has 0 unspecified atom stereocenters. The van der Waals surface area contributed by atoms with E-state index >= 15 is 0 Å². The number of hydrogen-bond acceptors (Lipinski definition) is 6. The number of ether oxygens (including phenoxy) is 1. The van der Waals surface area contributed by atoms with Crippen molar-refractivity contribution in [3.05, 3.63) is 46.5 Å². The van der Waals surface area contributed by atoms with Gasteiger partial charge in [0, 0.05) is 18.5 Å². The van der Waals surface area contributed by atoms with Crippen molar-refractivity contribution < 1.29 is 13.2 Å². The topological polar surface area (TPSA) is 90.3 Å². The van der Waals surface area contributed by atoms with Gasteiger partial charge in [-0.05, 0) is 51.1 Å². The third kappa shape index (κ3) is 4.08. The molecule has 1 aliphatic heterocycles. The van der Waals surface area contributed by atoms with E-state index in [2.05, 4.69) is 10.3 Å². The van der Waals surface area contributed by atoms with E-state index in [0.29, 0.717) is 17.1 Å². The van der Waals surface area contributed by atoms with Crippen LogP contribution in [0.2, 0.25) is 0 Å². The average Bonchev–Trinajstić information content (AvgIpc) is 2.56. The molecule has 1 N–H and O–H groups in total. The lowest BCUT2D eigenvalue weighted by atomic mass is 10.1. The maximum absolute atomic E-state index is 12.4. The zero-order chi connectivity index (χ0) is 18.0. The van der Waals surface area contributed by atoms with Gasteiger partial charge in [-0.15, -0.1) is 0 Å². The van der Waals surface area contributed by atoms with E-state index in [0.717, 1.165) is 32.2 Å². The molecule has 0 atom stereocenters. The first-order chi connectivity index (χ1) is 11.8. The van der Waals surface area contributed by atoms with Crippen LogP contribution < -0.4 is 15.6 Å². The minimum atomic E-state index is -3.38. The quantitative estimate of drug-likeness (QED) is 0.874. The Hall–Kier alpha value is -2.19. The smallest absolute Gasteiger partial charge is 0.258 e. The molecule has 0 spiro atoms. The summed E-state index contributed by atoms with van der Waals surface area (Å²) in [6.45, 7) is 3.51. The highest BCUT2D eigenvalue weighted by atomic mass is 32.2. The largest absolute Gasteiger partial charge is 0.490 e. The highest BCUT2D eigenvalue weighted by molar-refractivity contribution is 7.90. The fourth-order valence-corrected chi connectivity index (χ4v) is 3.45. The van der Waals surface area contributed by atoms with Crippen molar-refractivity contribution >= 4 is 9.84 Å². The second-order valence-electron chi connectivity index (χ2n) is 6.16. The molecule has 134 valence electrons. The van der Waals surface area contributed by atoms with E-state index in [4.69, 9.17) is 4.74 Å². The maximum Gasteiger partial charge on any atom is 0.258 e. The Labute approximate surface area is 146 Å². The Morgan fingerprint density at radius 3 is 2.56 bits per heavy atom. The molecule has 1 fully saturated rings. The number of sulfone groups is 1. The lowest BCUT2D eigenvalue weighted by Gasteiger charge is -2.23. The molecule has 0 radical (unpaired) electrons. The number of nitrogens with one attached hydrogen (secondary N) is 1. The number of nitrogens with zero attached hydrogens (tertiary/aromatic N) is 2. The number of piperidine rings is 1. The van der Waals surface area contributed by atoms with Crippen molar-refractivity contribution in [2.45, 2.75) is 30.9 Å². The Morgan fingerprint density at radius 2 is 1.96 bits per heavy atom. The van der Waals surface area contributed by atoms with Crippen molar-refractivity contribution in [3.8, 4) is 11.4 Å². The predicted octanol–water partition coefficient (Wildman–Crippen LogP) is 1.08. The number of hydrogen-bond donors (Lipinski definition) is 1. The molecule has 25 heavy (non-hydrogen) atoms. The van der Waals surface area contributed by atoms with E-state index in [-0.39, 0.29) is 16.7 Å². The minimum Gasteiger partial charge on any atom is -0.490 e. The van der Waals surface area contributed by atoms with Gasteiger partial charge in [0.25, 0.3) is 5.56 Å². The third-order valence-corrected chi connectivity index (χ3v) is 5.14. The standard InChI is InChI=1S/C17H21N3O4S/c1-12-15(3-4-16(19-12)25(2,22)23)20-10-7-14(11-17(20)21)24-13-5-8-18-9-6-13/h3-4,7,10-11,13,18H,5-6,8-9H2,1-2H3. The molecule has 7 nitrogen and oxygen atoms in total. The van der Waals surface area contributed by atoms with E-state index in [1.807, 2.05) is 0 Å². The molecular formula is C17H21N3O4S. The first-order valence-electron chi connectivity index (χ1n) is 8.13. The summed E-state index contributed by atoms with van der Waals surface area (Å²) >= 11 is 0. The first-order valence-corrected chi connectivity index (χ1v) is 10.0. The summed E-state index contributed by atoms with van der Waals surface area (Å²) in [5, 5.41) is 3.26. The highest BCUT2D eigenvalue weighted by Gasteiger charge is 2.16. The fourth-order valence-electron chi connectivity index (χ4n) is 2.83. The second kappa shape index (κ2) is 6.97. The Bertz CT molecular complexity index is 931. The van der Waals surface area contributed by atoms with E-state index in [9.17, 15) is 13.2 Å². The van der Waals surface area contributed by atoms with Gasteiger partial charge in [-0.25, -0.2) is 13.4 Å². The molecule has 8 heteroatoms. The SMILES string of the molecule is Cc1nc(S(C)(=O)=O)ccc1-n1ccc(OC2CCNCC2)cc1=O. The van der Waals surface area contributed by atoms with Crippen LogP contribution in [0.4, 0.5) is 0 Å². The summed E-state index contributed by atoms with van der Waals surface area (Å²) in [4.78, 5) is 16.5. The van der Waals surface area contributed by atoms with Gasteiger partial charge in [0.2, 0.25) is 0 Å². The zero-order valence-corrected chi connectivity index (χ0v) is 15.0. The second-order valence-corrected chi connectivity index (χ2v) is 8.13. The summed E-state index contributed by atoms with van der Waals surface area (Å²) < 4.78 is 30.5. The first kappa shape index (κ1) is 17.6. The van der Waals surface area contributed by atoms with Gasteiger partial charge in [-0.1, -0.05) is 0 Å². The van der Waals surface area contributed by atoms with Crippen LogP contribution >= 0.6 is 0 Å². The van der Waals surface area contributed by atoms with E-state index in [1.54, 1.807) is 25.3 Å². The summed E-state index contributed by atoms with van der Waals surface area (Å²) in [5.74, 6) is 0.548. The molecule has 2 aromatic rings. The van der Waals surface area contributed by atoms with Gasteiger partial charge in [-0.2, -0.15) is 0 Å². The van der Waals surface area contributed by atoms with Crippen molar-refractivity contribution in [1.82, 2.24) is 14.9 Å². The van der Waals surface area contributed by atoms with Crippen LogP contribution in [-0.2, 0) is 9.84 Å². The lowest BCUT2D eigenvalue weighted by molar-refractivity contribution is 0.162. The van der Waals surface area contributed by atoms with Crippen LogP contribution in [0.25, 0.3) is 5.69 Å². The predicted molar refractivity (Wildman–Crippen MR) is 94.2 cm³/mol. The van der Waals surface area contributed by atoms with Crippen molar-refractivity contribution in [2.24, 2.45) is 0 Å². The Morgan fingerprint density at radius 1 is 1.24 bits per heavy atom. The molecular weight excluding hydrogens is 342 g/mol. The fraction of sp³-hybridized carbons (Fsp3) is 0.412. The summed E-state index contributed by atoms with van der Waals surface area (Å²) in [7, 11) is -3.38. The van der Waals surface area contributed by atoms with Crippen LogP contribution in [0, 0.1) is 6.92 Å². The van der Waals surface area contributed by atoms with Crippen molar-refractivity contribution in [2.75, 3.05) is 19.3 Å².